The lowest BCUT2D eigenvalue weighted by molar-refractivity contribution is 0.0900. The van der Waals surface area contributed by atoms with Gasteiger partial charge in [-0.25, -0.2) is 14.4 Å². The molecular weight excluding hydrogens is 427 g/mol. The third-order valence-corrected chi connectivity index (χ3v) is 7.14. The number of anilines is 1. The molecule has 0 bridgehead atoms. The van der Waals surface area contributed by atoms with Gasteiger partial charge in [0.05, 0.1) is 5.52 Å². The molecule has 0 atom stereocenters. The van der Waals surface area contributed by atoms with Crippen molar-refractivity contribution >= 4 is 28.1 Å². The van der Waals surface area contributed by atoms with Crippen molar-refractivity contribution in [1.29, 1.82) is 0 Å². The van der Waals surface area contributed by atoms with Crippen LogP contribution in [-0.2, 0) is 0 Å². The summed E-state index contributed by atoms with van der Waals surface area (Å²) in [4.78, 5) is 24.3. The predicted octanol–water partition coefficient (Wildman–Crippen LogP) is 5.54. The number of nitrogens with one attached hydrogen (secondary N) is 1. The molecule has 0 unspecified atom stereocenters. The number of hydrogen-bond acceptors (Lipinski definition) is 5. The second-order valence-corrected chi connectivity index (χ2v) is 9.08. The van der Waals surface area contributed by atoms with Gasteiger partial charge in [-0.15, -0.1) is 0 Å². The molecule has 0 spiro atoms. The first kappa shape index (κ1) is 22.3. The summed E-state index contributed by atoms with van der Waals surface area (Å²) in [6.07, 6.45) is 6.25. The lowest BCUT2D eigenvalue weighted by atomic mass is 9.88. The molecule has 0 aliphatic carbocycles. The lowest BCUT2D eigenvalue weighted by Crippen LogP contribution is -2.37. The molecule has 3 aromatic rings. The van der Waals surface area contributed by atoms with E-state index in [2.05, 4.69) is 58.4 Å². The highest BCUT2D eigenvalue weighted by atomic mass is 19.1. The Balaban J connectivity index is 1.39. The number of aromatic nitrogens is 2. The second-order valence-electron chi connectivity index (χ2n) is 9.08. The number of Topliss-reactive ketones (excluding diaryl/α,β-unsaturated/α-hetero) is 1. The molecule has 1 saturated heterocycles. The van der Waals surface area contributed by atoms with Gasteiger partial charge in [0.2, 0.25) is 0 Å². The van der Waals surface area contributed by atoms with Gasteiger partial charge in [-0.1, -0.05) is 13.0 Å². The molecule has 1 N–H and O–H groups in total. The van der Waals surface area contributed by atoms with Crippen molar-refractivity contribution in [1.82, 2.24) is 15.3 Å². The Morgan fingerprint density at radius 1 is 1.12 bits per heavy atom. The van der Waals surface area contributed by atoms with Gasteiger partial charge >= 0.3 is 0 Å². The van der Waals surface area contributed by atoms with Crippen LogP contribution in [-0.4, -0.2) is 35.4 Å². The van der Waals surface area contributed by atoms with E-state index in [1.807, 2.05) is 0 Å². The zero-order valence-electron chi connectivity index (χ0n) is 19.6. The Bertz CT molecular complexity index is 1290. The standard InChI is InChI=1S/C28H29FN4O/c1-3-19-15-30-16-25(18(19)2)22-6-9-26-24(14-22)28(32-17-31-26)33-12-10-21(11-13-33)27(34)20-4-7-23(29)8-5-20/h4-9,14,16-17,21,30H,3,10-13,15H2,1-2H3. The van der Waals surface area contributed by atoms with Crippen LogP contribution < -0.4 is 10.2 Å². The maximum absolute atomic E-state index is 13.2. The summed E-state index contributed by atoms with van der Waals surface area (Å²) in [6.45, 7) is 6.79. The Hall–Kier alpha value is -3.54. The quantitative estimate of drug-likeness (QED) is 0.511. The number of halogens is 1. The van der Waals surface area contributed by atoms with E-state index in [9.17, 15) is 9.18 Å². The minimum absolute atomic E-state index is 0.0518. The zero-order chi connectivity index (χ0) is 23.7. The first-order valence-electron chi connectivity index (χ1n) is 12.0. The molecule has 2 aliphatic heterocycles. The van der Waals surface area contributed by atoms with E-state index in [0.717, 1.165) is 61.2 Å². The van der Waals surface area contributed by atoms with E-state index in [0.29, 0.717) is 5.56 Å². The number of nitrogens with zero attached hydrogens (tertiary/aromatic N) is 3. The molecule has 0 amide bonds. The zero-order valence-corrected chi connectivity index (χ0v) is 19.6. The summed E-state index contributed by atoms with van der Waals surface area (Å²) in [5.41, 5.74) is 6.62. The Morgan fingerprint density at radius 2 is 1.88 bits per heavy atom. The molecule has 5 nitrogen and oxygen atoms in total. The van der Waals surface area contributed by atoms with Gasteiger partial charge in [0.25, 0.3) is 0 Å². The highest BCUT2D eigenvalue weighted by Gasteiger charge is 2.27. The molecule has 2 aromatic carbocycles. The third-order valence-electron chi connectivity index (χ3n) is 7.14. The maximum atomic E-state index is 13.2. The molecule has 174 valence electrons. The first-order chi connectivity index (χ1) is 16.5. The number of piperidine rings is 1. The fraction of sp³-hybridized carbons (Fsp3) is 0.321. The van der Waals surface area contributed by atoms with Crippen LogP contribution in [0.3, 0.4) is 0 Å². The van der Waals surface area contributed by atoms with E-state index < -0.39 is 0 Å². The number of carbonyl (C=O) groups is 1. The number of ketones is 1. The summed E-state index contributed by atoms with van der Waals surface area (Å²) in [7, 11) is 0. The van der Waals surface area contributed by atoms with E-state index in [4.69, 9.17) is 0 Å². The van der Waals surface area contributed by atoms with Crippen LogP contribution in [0.4, 0.5) is 10.2 Å². The average Bonchev–Trinajstić information content (AvgIpc) is 2.88. The molecule has 5 rings (SSSR count). The van der Waals surface area contributed by atoms with Crippen LogP contribution in [0.1, 0.15) is 49.0 Å². The summed E-state index contributed by atoms with van der Waals surface area (Å²) in [5, 5.41) is 4.44. The molecule has 1 aromatic heterocycles. The number of hydrogen-bond donors (Lipinski definition) is 1. The minimum Gasteiger partial charge on any atom is -0.387 e. The predicted molar refractivity (Wildman–Crippen MR) is 134 cm³/mol. The molecular formula is C28H29FN4O. The van der Waals surface area contributed by atoms with Crippen LogP contribution >= 0.6 is 0 Å². The van der Waals surface area contributed by atoms with Crippen molar-refractivity contribution in [3.05, 3.63) is 83.1 Å². The van der Waals surface area contributed by atoms with Crippen molar-refractivity contribution in [2.45, 2.75) is 33.1 Å². The molecule has 3 heterocycles. The van der Waals surface area contributed by atoms with E-state index in [1.165, 1.54) is 28.9 Å². The lowest BCUT2D eigenvalue weighted by Gasteiger charge is -2.32. The monoisotopic (exact) mass is 456 g/mol. The molecule has 6 heteroatoms. The SMILES string of the molecule is CCC1=C(C)C(c2ccc3ncnc(N4CCC(C(=O)c5ccc(F)cc5)CC4)c3c2)=CNC1. The van der Waals surface area contributed by atoms with Gasteiger partial charge in [0.1, 0.15) is 18.0 Å². The van der Waals surface area contributed by atoms with Gasteiger partial charge < -0.3 is 10.2 Å². The molecule has 2 aliphatic rings. The smallest absolute Gasteiger partial charge is 0.166 e. The van der Waals surface area contributed by atoms with Gasteiger partial charge in [-0.3, -0.25) is 4.79 Å². The second kappa shape index (κ2) is 9.37. The number of rotatable bonds is 5. The highest BCUT2D eigenvalue weighted by molar-refractivity contribution is 5.98. The number of carbonyl (C=O) groups excluding carboxylic acids is 1. The Morgan fingerprint density at radius 3 is 2.62 bits per heavy atom. The van der Waals surface area contributed by atoms with Crippen LogP contribution in [0.25, 0.3) is 16.5 Å². The van der Waals surface area contributed by atoms with Gasteiger partial charge in [-0.2, -0.15) is 0 Å². The van der Waals surface area contributed by atoms with E-state index >= 15 is 0 Å². The van der Waals surface area contributed by atoms with Crippen molar-refractivity contribution < 1.29 is 9.18 Å². The van der Waals surface area contributed by atoms with Crippen molar-refractivity contribution in [2.75, 3.05) is 24.5 Å². The number of allylic oxidation sites excluding steroid dienone is 2. The van der Waals surface area contributed by atoms with Crippen molar-refractivity contribution in [3.8, 4) is 0 Å². The number of fused-ring (bicyclic) bond motifs is 1. The summed E-state index contributed by atoms with van der Waals surface area (Å²) in [5.74, 6) is 0.642. The summed E-state index contributed by atoms with van der Waals surface area (Å²) in [6, 6.07) is 12.2. The fourth-order valence-electron chi connectivity index (χ4n) is 5.06. The molecule has 0 radical (unpaired) electrons. The van der Waals surface area contributed by atoms with Gasteiger partial charge in [-0.05, 0) is 79.3 Å². The van der Waals surface area contributed by atoms with Gasteiger partial charge in [0, 0.05) is 48.3 Å². The summed E-state index contributed by atoms with van der Waals surface area (Å²) < 4.78 is 13.2. The minimum atomic E-state index is -0.322. The maximum Gasteiger partial charge on any atom is 0.166 e. The van der Waals surface area contributed by atoms with Crippen LogP contribution in [0.5, 0.6) is 0 Å². The number of benzene rings is 2. The Kier molecular flexibility index (Phi) is 6.14. The van der Waals surface area contributed by atoms with E-state index in [1.54, 1.807) is 18.5 Å². The topological polar surface area (TPSA) is 58.1 Å². The van der Waals surface area contributed by atoms with Gasteiger partial charge in [0.15, 0.2) is 5.78 Å². The van der Waals surface area contributed by atoms with Crippen molar-refractivity contribution in [3.63, 3.8) is 0 Å². The first-order valence-corrected chi connectivity index (χ1v) is 12.0. The van der Waals surface area contributed by atoms with Crippen LogP contribution in [0, 0.1) is 11.7 Å². The largest absolute Gasteiger partial charge is 0.387 e. The average molecular weight is 457 g/mol. The van der Waals surface area contributed by atoms with Crippen LogP contribution in [0.15, 0.2) is 66.1 Å². The molecule has 0 saturated carbocycles. The Labute approximate surface area is 199 Å². The highest BCUT2D eigenvalue weighted by Crippen LogP contribution is 2.34. The molecule has 1 fully saturated rings. The summed E-state index contributed by atoms with van der Waals surface area (Å²) >= 11 is 0. The number of dihydropyridines is 1. The van der Waals surface area contributed by atoms with E-state index in [-0.39, 0.29) is 17.5 Å². The van der Waals surface area contributed by atoms with Crippen molar-refractivity contribution in [2.24, 2.45) is 5.92 Å². The third kappa shape index (κ3) is 4.20. The van der Waals surface area contributed by atoms with Crippen LogP contribution in [0.2, 0.25) is 0 Å². The normalized spacial score (nSPS) is 17.0. The fourth-order valence-corrected chi connectivity index (χ4v) is 5.06. The molecule has 34 heavy (non-hydrogen) atoms.